The van der Waals surface area contributed by atoms with Gasteiger partial charge in [-0.25, -0.2) is 0 Å². The van der Waals surface area contributed by atoms with Crippen LogP contribution in [-0.4, -0.2) is 48.8 Å². The van der Waals surface area contributed by atoms with Crippen molar-refractivity contribution in [3.63, 3.8) is 0 Å². The molecule has 2 aliphatic rings. The maximum absolute atomic E-state index is 11.4. The number of aliphatic hydroxyl groups excluding tert-OH is 1. The van der Waals surface area contributed by atoms with E-state index in [1.165, 1.54) is 20.0 Å². The van der Waals surface area contributed by atoms with Crippen molar-refractivity contribution in [1.29, 1.82) is 0 Å². The summed E-state index contributed by atoms with van der Waals surface area (Å²) in [4.78, 5) is 13.6. The molecule has 0 bridgehead atoms. The molecule has 16 heavy (non-hydrogen) atoms. The number of carbonyl (C=O) groups excluding carboxylic acids is 1. The maximum atomic E-state index is 11.4. The largest absolute Gasteiger partial charge is 0.468 e. The van der Waals surface area contributed by atoms with E-state index in [1.807, 2.05) is 0 Å². The average molecular weight is 227 g/mol. The van der Waals surface area contributed by atoms with E-state index in [2.05, 4.69) is 4.90 Å². The van der Waals surface area contributed by atoms with Gasteiger partial charge in [0.15, 0.2) is 0 Å². The van der Waals surface area contributed by atoms with E-state index in [-0.39, 0.29) is 24.0 Å². The molecule has 1 aliphatic carbocycles. The minimum Gasteiger partial charge on any atom is -0.468 e. The second-order valence-corrected chi connectivity index (χ2v) is 5.16. The van der Waals surface area contributed by atoms with Crippen LogP contribution in [-0.2, 0) is 9.53 Å². The second kappa shape index (κ2) is 4.72. The molecule has 0 amide bonds. The van der Waals surface area contributed by atoms with Gasteiger partial charge in [0.2, 0.25) is 0 Å². The topological polar surface area (TPSA) is 49.8 Å². The van der Waals surface area contributed by atoms with Crippen molar-refractivity contribution in [3.05, 3.63) is 0 Å². The van der Waals surface area contributed by atoms with Crippen molar-refractivity contribution < 1.29 is 14.6 Å². The average Bonchev–Trinajstić information content (AvgIpc) is 2.73. The summed E-state index contributed by atoms with van der Waals surface area (Å²) in [6, 6.07) is -0.0611. The Labute approximate surface area is 96.6 Å². The van der Waals surface area contributed by atoms with Gasteiger partial charge in [-0.1, -0.05) is 12.8 Å². The smallest absolute Gasteiger partial charge is 0.323 e. The standard InChI is InChI=1S/C12H21NO3/c1-16-11(15)10-4-7-13(10)8-12(9-14)5-2-3-6-12/h10,14H,2-9H2,1H3. The van der Waals surface area contributed by atoms with Crippen molar-refractivity contribution in [2.75, 3.05) is 26.8 Å². The number of hydrogen-bond acceptors (Lipinski definition) is 4. The van der Waals surface area contributed by atoms with Crippen LogP contribution in [0.4, 0.5) is 0 Å². The van der Waals surface area contributed by atoms with Crippen LogP contribution in [0.5, 0.6) is 0 Å². The number of methoxy groups -OCH3 is 1. The van der Waals surface area contributed by atoms with Crippen LogP contribution in [0, 0.1) is 5.41 Å². The van der Waals surface area contributed by atoms with E-state index in [4.69, 9.17) is 4.74 Å². The van der Waals surface area contributed by atoms with Gasteiger partial charge >= 0.3 is 5.97 Å². The summed E-state index contributed by atoms with van der Waals surface area (Å²) in [5.41, 5.74) is 0.0483. The van der Waals surface area contributed by atoms with E-state index in [0.29, 0.717) is 0 Å². The number of aliphatic hydroxyl groups is 1. The molecule has 0 spiro atoms. The molecular weight excluding hydrogens is 206 g/mol. The Balaban J connectivity index is 1.91. The predicted molar refractivity (Wildman–Crippen MR) is 60.0 cm³/mol. The number of carbonyl (C=O) groups is 1. The first-order valence-electron chi connectivity index (χ1n) is 6.13. The lowest BCUT2D eigenvalue weighted by atomic mass is 9.84. The Morgan fingerprint density at radius 2 is 2.19 bits per heavy atom. The number of ether oxygens (including phenoxy) is 1. The molecule has 2 fully saturated rings. The second-order valence-electron chi connectivity index (χ2n) is 5.16. The third-order valence-corrected chi connectivity index (χ3v) is 4.14. The van der Waals surface area contributed by atoms with E-state index in [1.54, 1.807) is 0 Å². The fourth-order valence-corrected chi connectivity index (χ4v) is 2.96. The van der Waals surface area contributed by atoms with Crippen molar-refractivity contribution in [2.45, 2.75) is 38.1 Å². The third kappa shape index (κ3) is 2.09. The van der Waals surface area contributed by atoms with E-state index in [0.717, 1.165) is 32.4 Å². The van der Waals surface area contributed by atoms with Gasteiger partial charge in [-0.3, -0.25) is 9.69 Å². The number of hydrogen-bond donors (Lipinski definition) is 1. The molecule has 1 saturated carbocycles. The van der Waals surface area contributed by atoms with Gasteiger partial charge in [0, 0.05) is 25.1 Å². The lowest BCUT2D eigenvalue weighted by molar-refractivity contribution is -0.153. The van der Waals surface area contributed by atoms with Gasteiger partial charge in [-0.05, 0) is 19.3 Å². The van der Waals surface area contributed by atoms with Crippen molar-refractivity contribution in [3.8, 4) is 0 Å². The summed E-state index contributed by atoms with van der Waals surface area (Å²) >= 11 is 0. The summed E-state index contributed by atoms with van der Waals surface area (Å²) in [6.07, 6.45) is 5.49. The van der Waals surface area contributed by atoms with Crippen molar-refractivity contribution in [2.24, 2.45) is 5.41 Å². The Bertz CT molecular complexity index is 261. The molecule has 1 atom stereocenters. The molecular formula is C12H21NO3. The van der Waals surface area contributed by atoms with Gasteiger partial charge < -0.3 is 9.84 Å². The molecule has 0 aromatic rings. The highest BCUT2D eigenvalue weighted by Gasteiger charge is 2.42. The quantitative estimate of drug-likeness (QED) is 0.721. The van der Waals surface area contributed by atoms with Crippen LogP contribution in [0.15, 0.2) is 0 Å². The molecule has 4 nitrogen and oxygen atoms in total. The molecule has 4 heteroatoms. The molecule has 0 aromatic carbocycles. The first-order chi connectivity index (χ1) is 7.71. The highest BCUT2D eigenvalue weighted by molar-refractivity contribution is 5.76. The molecule has 1 unspecified atom stereocenters. The Kier molecular flexibility index (Phi) is 3.50. The lowest BCUT2D eigenvalue weighted by Gasteiger charge is -2.43. The first kappa shape index (κ1) is 11.9. The van der Waals surface area contributed by atoms with Crippen LogP contribution < -0.4 is 0 Å². The Morgan fingerprint density at radius 3 is 2.62 bits per heavy atom. The number of likely N-dealkylation sites (tertiary alicyclic amines) is 1. The number of nitrogens with zero attached hydrogens (tertiary/aromatic N) is 1. The van der Waals surface area contributed by atoms with E-state index >= 15 is 0 Å². The molecule has 92 valence electrons. The minimum atomic E-state index is -0.127. The van der Waals surface area contributed by atoms with E-state index in [9.17, 15) is 9.90 Å². The zero-order chi connectivity index (χ0) is 11.6. The number of esters is 1. The van der Waals surface area contributed by atoms with Crippen molar-refractivity contribution in [1.82, 2.24) is 4.90 Å². The molecule has 1 saturated heterocycles. The van der Waals surface area contributed by atoms with Gasteiger partial charge in [0.25, 0.3) is 0 Å². The summed E-state index contributed by atoms with van der Waals surface area (Å²) in [5.74, 6) is -0.127. The van der Waals surface area contributed by atoms with Crippen LogP contribution in [0.25, 0.3) is 0 Å². The SMILES string of the molecule is COC(=O)C1CCN1CC1(CO)CCCC1. The summed E-state index contributed by atoms with van der Waals surface area (Å²) in [6.45, 7) is 2.06. The van der Waals surface area contributed by atoms with Crippen LogP contribution >= 0.6 is 0 Å². The Morgan fingerprint density at radius 1 is 1.50 bits per heavy atom. The summed E-state index contributed by atoms with van der Waals surface area (Å²) in [5, 5.41) is 9.52. The predicted octanol–water partition coefficient (Wildman–Crippen LogP) is 0.786. The zero-order valence-electron chi connectivity index (χ0n) is 9.95. The lowest BCUT2D eigenvalue weighted by Crippen LogP contribution is -2.56. The molecule has 2 rings (SSSR count). The molecule has 1 heterocycles. The summed E-state index contributed by atoms with van der Waals surface area (Å²) in [7, 11) is 1.44. The maximum Gasteiger partial charge on any atom is 0.323 e. The third-order valence-electron chi connectivity index (χ3n) is 4.14. The Hall–Kier alpha value is -0.610. The first-order valence-corrected chi connectivity index (χ1v) is 6.13. The molecule has 1 aliphatic heterocycles. The van der Waals surface area contributed by atoms with Gasteiger partial charge in [-0.15, -0.1) is 0 Å². The van der Waals surface area contributed by atoms with Crippen LogP contribution in [0.2, 0.25) is 0 Å². The van der Waals surface area contributed by atoms with Crippen LogP contribution in [0.1, 0.15) is 32.1 Å². The molecule has 1 N–H and O–H groups in total. The fourth-order valence-electron chi connectivity index (χ4n) is 2.96. The monoisotopic (exact) mass is 227 g/mol. The van der Waals surface area contributed by atoms with Crippen LogP contribution in [0.3, 0.4) is 0 Å². The number of rotatable bonds is 4. The van der Waals surface area contributed by atoms with Gasteiger partial charge in [0.05, 0.1) is 7.11 Å². The fraction of sp³-hybridized carbons (Fsp3) is 0.917. The van der Waals surface area contributed by atoms with E-state index < -0.39 is 0 Å². The normalized spacial score (nSPS) is 28.8. The molecule has 0 aromatic heterocycles. The summed E-state index contributed by atoms with van der Waals surface area (Å²) < 4.78 is 4.77. The van der Waals surface area contributed by atoms with Gasteiger partial charge in [0.1, 0.15) is 6.04 Å². The minimum absolute atomic E-state index is 0.0483. The highest BCUT2D eigenvalue weighted by atomic mass is 16.5. The van der Waals surface area contributed by atoms with Gasteiger partial charge in [-0.2, -0.15) is 0 Å². The highest BCUT2D eigenvalue weighted by Crippen LogP contribution is 2.40. The zero-order valence-corrected chi connectivity index (χ0v) is 9.95. The molecule has 0 radical (unpaired) electrons. The van der Waals surface area contributed by atoms with Crippen molar-refractivity contribution >= 4 is 5.97 Å².